The number of hydrogen-bond acceptors (Lipinski definition) is 4. The zero-order chi connectivity index (χ0) is 17.6. The van der Waals surface area contributed by atoms with E-state index in [-0.39, 0.29) is 45.0 Å². The minimum absolute atomic E-state index is 0.0566. The summed E-state index contributed by atoms with van der Waals surface area (Å²) in [6, 6.07) is 0.0566. The molecule has 5 nitrogen and oxygen atoms in total. The van der Waals surface area contributed by atoms with Gasteiger partial charge in [0.1, 0.15) is 0 Å². The van der Waals surface area contributed by atoms with Gasteiger partial charge in [0.2, 0.25) is 0 Å². The van der Waals surface area contributed by atoms with E-state index in [1.807, 2.05) is 13.0 Å². The number of nitrogens with zero attached hydrogens (tertiary/aromatic N) is 3. The number of halogens is 2. The second-order valence-electron chi connectivity index (χ2n) is 5.39. The number of aliphatic imine (C=N–C) groups is 2. The van der Waals surface area contributed by atoms with Crippen molar-refractivity contribution < 1.29 is 38.9 Å². The van der Waals surface area contributed by atoms with E-state index in [4.69, 9.17) is 14.6 Å². The second kappa shape index (κ2) is 14.8. The summed E-state index contributed by atoms with van der Waals surface area (Å²) in [6.45, 7) is 9.61. The van der Waals surface area contributed by atoms with Crippen molar-refractivity contribution >= 4 is 20.7 Å². The fourth-order valence-electron chi connectivity index (χ4n) is 2.31. The normalized spacial score (nSPS) is 23.2. The van der Waals surface area contributed by atoms with Gasteiger partial charge in [-0.05, 0) is 39.1 Å². The van der Waals surface area contributed by atoms with E-state index >= 15 is 0 Å². The Morgan fingerprint density at radius 3 is 2.38 bits per heavy atom. The van der Waals surface area contributed by atoms with Crippen molar-refractivity contribution in [1.29, 1.82) is 0 Å². The summed E-state index contributed by atoms with van der Waals surface area (Å²) in [4.78, 5) is 9.23. The van der Waals surface area contributed by atoms with Gasteiger partial charge < -0.3 is 16.0 Å². The van der Waals surface area contributed by atoms with Gasteiger partial charge in [-0.15, -0.1) is 5.70 Å². The maximum atomic E-state index is 4.82. The van der Waals surface area contributed by atoms with Gasteiger partial charge in [-0.1, -0.05) is 24.3 Å². The Hall–Kier alpha value is 0.639. The molecule has 2 aliphatic rings. The molecular weight excluding hydrogens is 506 g/mol. The molecule has 0 spiro atoms. The predicted molar refractivity (Wildman–Crippen MR) is 102 cm³/mol. The minimum atomic E-state index is -0.139. The molecule has 0 saturated heterocycles. The van der Waals surface area contributed by atoms with Gasteiger partial charge in [0, 0.05) is 18.8 Å². The van der Waals surface area contributed by atoms with E-state index < -0.39 is 0 Å². The molecular formula is C16H26Cl2N5Yb-. The van der Waals surface area contributed by atoms with Crippen LogP contribution in [0.3, 0.4) is 0 Å². The summed E-state index contributed by atoms with van der Waals surface area (Å²) in [7, 11) is 0. The molecule has 0 radical (unpaired) electrons. The average molecular weight is 532 g/mol. The van der Waals surface area contributed by atoms with Crippen LogP contribution in [-0.4, -0.2) is 56.7 Å². The van der Waals surface area contributed by atoms with Crippen LogP contribution in [0.25, 0.3) is 5.32 Å². The van der Waals surface area contributed by atoms with Crippen LogP contribution in [0.15, 0.2) is 33.9 Å². The molecule has 2 N–H and O–H groups in total. The van der Waals surface area contributed by atoms with Crippen LogP contribution >= 0.6 is 9.27 Å². The standard InChI is InChI=1S/C16H26N5.2ClH.Yb/c1-13-15-5-3-6-16(21-15)14(2)20-12-10-18-8-4-7-17-9-11-19-13;;;/h3,5-6,15,17-18H,4,7-12H2,1-2H3;2*1H;/q-1;;;+2/p-2. The van der Waals surface area contributed by atoms with E-state index in [1.165, 1.54) is 0 Å². The first kappa shape index (κ1) is 22.7. The molecule has 24 heavy (non-hydrogen) atoms. The van der Waals surface area contributed by atoms with Crippen molar-refractivity contribution in [2.45, 2.75) is 26.3 Å². The number of fused-ring (bicyclic) bond motifs is 2. The summed E-state index contributed by atoms with van der Waals surface area (Å²) in [5.41, 5.74) is 3.05. The first-order valence-corrected chi connectivity index (χ1v) is 12.3. The fourth-order valence-corrected chi connectivity index (χ4v) is 2.31. The van der Waals surface area contributed by atoms with Crippen LogP contribution in [0, 0.1) is 38.9 Å². The molecule has 8 heteroatoms. The number of hydrogen-bond donors (Lipinski definition) is 2. The van der Waals surface area contributed by atoms with Gasteiger partial charge in [-0.3, -0.25) is 9.98 Å². The van der Waals surface area contributed by atoms with Gasteiger partial charge >= 0.3 is 48.2 Å². The van der Waals surface area contributed by atoms with E-state index in [0.29, 0.717) is 0 Å². The molecule has 144 valence electrons. The van der Waals surface area contributed by atoms with Crippen LogP contribution in [0.5, 0.6) is 0 Å². The summed E-state index contributed by atoms with van der Waals surface area (Å²) >= 11 is -0.139. The first-order valence-electron chi connectivity index (χ1n) is 8.01. The van der Waals surface area contributed by atoms with Gasteiger partial charge in [0.25, 0.3) is 0 Å². The predicted octanol–water partition coefficient (Wildman–Crippen LogP) is 3.07. The Balaban J connectivity index is 0.000000891. The van der Waals surface area contributed by atoms with Crippen LogP contribution < -0.4 is 10.6 Å². The van der Waals surface area contributed by atoms with Crippen LogP contribution in [-0.2, 0) is 0 Å². The Morgan fingerprint density at radius 1 is 1.08 bits per heavy atom. The molecule has 0 amide bonds. The molecule has 0 aromatic rings. The van der Waals surface area contributed by atoms with Crippen LogP contribution in [0.1, 0.15) is 20.3 Å². The third-order valence-electron chi connectivity index (χ3n) is 3.62. The molecule has 1 atom stereocenters. The molecule has 2 heterocycles. The summed E-state index contributed by atoms with van der Waals surface area (Å²) < 4.78 is 9.64. The van der Waals surface area contributed by atoms with Gasteiger partial charge in [-0.25, -0.2) is 0 Å². The molecule has 0 aromatic carbocycles. The van der Waals surface area contributed by atoms with Crippen LogP contribution in [0.4, 0.5) is 0 Å². The van der Waals surface area contributed by atoms with E-state index in [0.717, 1.165) is 62.8 Å². The topological polar surface area (TPSA) is 62.9 Å². The van der Waals surface area contributed by atoms with Crippen molar-refractivity contribution in [3.63, 3.8) is 0 Å². The molecule has 2 aliphatic heterocycles. The number of rotatable bonds is 0. The Labute approximate surface area is 173 Å². The van der Waals surface area contributed by atoms with Crippen molar-refractivity contribution in [1.82, 2.24) is 10.6 Å². The molecule has 0 fully saturated rings. The summed E-state index contributed by atoms with van der Waals surface area (Å²) in [5.74, 6) is 0. The van der Waals surface area contributed by atoms with Crippen molar-refractivity contribution in [3.05, 3.63) is 29.2 Å². The van der Waals surface area contributed by atoms with Crippen LogP contribution in [0.2, 0.25) is 0 Å². The molecule has 0 saturated carbocycles. The monoisotopic (exact) mass is 532 g/mol. The first-order chi connectivity index (χ1) is 11.7. The molecule has 1 unspecified atom stereocenters. The quantitative estimate of drug-likeness (QED) is 0.504. The Bertz CT molecular complexity index is 477. The third-order valence-corrected chi connectivity index (χ3v) is 3.62. The summed E-state index contributed by atoms with van der Waals surface area (Å²) in [6.07, 6.45) is 7.32. The average Bonchev–Trinajstić information content (AvgIpc) is 2.59. The number of allylic oxidation sites excluding steroid dienone is 3. The zero-order valence-corrected chi connectivity index (χ0v) is 17.4. The van der Waals surface area contributed by atoms with Crippen molar-refractivity contribution in [3.8, 4) is 0 Å². The van der Waals surface area contributed by atoms with E-state index in [9.17, 15) is 0 Å². The number of nitrogens with one attached hydrogen (secondary N) is 2. The molecule has 2 bridgehead atoms. The SMILES string of the molecule is CC1=NCCNCCCNCCN=C(C)C2C=CC=C1[N-]2.[Cl][Yb][Cl]. The van der Waals surface area contributed by atoms with Gasteiger partial charge in [0.05, 0.1) is 13.1 Å². The maximum absolute atomic E-state index is 4.82. The molecule has 0 aliphatic carbocycles. The second-order valence-corrected chi connectivity index (χ2v) is 7.90. The zero-order valence-electron chi connectivity index (χ0n) is 14.1. The van der Waals surface area contributed by atoms with Crippen molar-refractivity contribution in [2.75, 3.05) is 39.3 Å². The fraction of sp³-hybridized carbons (Fsp3) is 0.625. The van der Waals surface area contributed by atoms with Gasteiger partial charge in [-0.2, -0.15) is 0 Å². The van der Waals surface area contributed by atoms with E-state index in [1.54, 1.807) is 0 Å². The Kier molecular flexibility index (Phi) is 14.0. The molecule has 0 aromatic heterocycles. The third kappa shape index (κ3) is 9.95. The Morgan fingerprint density at radius 2 is 1.71 bits per heavy atom. The van der Waals surface area contributed by atoms with E-state index in [2.05, 4.69) is 39.7 Å². The van der Waals surface area contributed by atoms with Crippen molar-refractivity contribution in [2.24, 2.45) is 9.98 Å². The summed E-state index contributed by atoms with van der Waals surface area (Å²) in [5, 5.41) is 11.6. The van der Waals surface area contributed by atoms with Gasteiger partial charge in [0.15, 0.2) is 0 Å². The molecule has 2 rings (SSSR count).